The van der Waals surface area contributed by atoms with Crippen LogP contribution in [0.5, 0.6) is 0 Å². The molecule has 0 spiro atoms. The Hall–Kier alpha value is -2.71. The maximum Gasteiger partial charge on any atom is 0.309 e. The second kappa shape index (κ2) is 6.59. The zero-order chi connectivity index (χ0) is 17.1. The molecule has 0 bridgehead atoms. The molecule has 1 unspecified atom stereocenters. The second-order valence-corrected chi connectivity index (χ2v) is 5.33. The Balaban J connectivity index is 2.03. The molecule has 0 fully saturated rings. The highest BCUT2D eigenvalue weighted by Gasteiger charge is 2.22. The molecule has 0 aliphatic carbocycles. The van der Waals surface area contributed by atoms with Gasteiger partial charge in [0.1, 0.15) is 17.9 Å². The van der Waals surface area contributed by atoms with E-state index in [1.165, 1.54) is 10.9 Å². The lowest BCUT2D eigenvalue weighted by atomic mass is 10.2. The van der Waals surface area contributed by atoms with Gasteiger partial charge in [0.05, 0.1) is 10.6 Å². The quantitative estimate of drug-likeness (QED) is 0.641. The van der Waals surface area contributed by atoms with Gasteiger partial charge in [-0.15, -0.1) is 0 Å². The van der Waals surface area contributed by atoms with Crippen LogP contribution in [0.4, 0.5) is 5.69 Å². The van der Waals surface area contributed by atoms with Crippen molar-refractivity contribution >= 4 is 11.6 Å². The minimum atomic E-state index is -0.635. The van der Waals surface area contributed by atoms with Gasteiger partial charge in [0.25, 0.3) is 0 Å². The van der Waals surface area contributed by atoms with Gasteiger partial charge in [0, 0.05) is 24.8 Å². The van der Waals surface area contributed by atoms with Crippen LogP contribution in [0.15, 0.2) is 12.4 Å². The smallest absolute Gasteiger partial charge is 0.309 e. The fourth-order valence-electron chi connectivity index (χ4n) is 2.19. The van der Waals surface area contributed by atoms with Crippen molar-refractivity contribution in [1.82, 2.24) is 24.9 Å². The first-order valence-corrected chi connectivity index (χ1v) is 7.34. The van der Waals surface area contributed by atoms with Crippen molar-refractivity contribution in [1.29, 1.82) is 0 Å². The van der Waals surface area contributed by atoms with Gasteiger partial charge in [-0.1, -0.05) is 0 Å². The summed E-state index contributed by atoms with van der Waals surface area (Å²) < 4.78 is 3.12. The van der Waals surface area contributed by atoms with Crippen LogP contribution in [0.1, 0.15) is 36.8 Å². The van der Waals surface area contributed by atoms with Crippen LogP contribution in [0.2, 0.25) is 0 Å². The first kappa shape index (κ1) is 16.7. The van der Waals surface area contributed by atoms with Gasteiger partial charge in [-0.25, -0.2) is 0 Å². The van der Waals surface area contributed by atoms with Crippen molar-refractivity contribution in [2.75, 3.05) is 0 Å². The van der Waals surface area contributed by atoms with E-state index in [4.69, 9.17) is 0 Å². The Morgan fingerprint density at radius 1 is 1.35 bits per heavy atom. The second-order valence-electron chi connectivity index (χ2n) is 5.33. The first-order chi connectivity index (χ1) is 10.8. The molecular weight excluding hydrogens is 300 g/mol. The summed E-state index contributed by atoms with van der Waals surface area (Å²) >= 11 is 0. The van der Waals surface area contributed by atoms with Gasteiger partial charge < -0.3 is 5.32 Å². The normalized spacial score (nSPS) is 12.2. The molecule has 0 radical (unpaired) electrons. The Morgan fingerprint density at radius 3 is 2.57 bits per heavy atom. The van der Waals surface area contributed by atoms with E-state index < -0.39 is 11.0 Å². The number of hydrogen-bond acceptors (Lipinski definition) is 5. The molecule has 1 amide bonds. The summed E-state index contributed by atoms with van der Waals surface area (Å²) in [6.45, 7) is 8.19. The Morgan fingerprint density at radius 2 is 2.04 bits per heavy atom. The minimum Gasteiger partial charge on any atom is -0.350 e. The number of carbonyl (C=O) groups excluding carboxylic acids is 1. The Kier molecular flexibility index (Phi) is 4.77. The van der Waals surface area contributed by atoms with Crippen LogP contribution in [-0.2, 0) is 17.9 Å². The average Bonchev–Trinajstić information content (AvgIpc) is 3.07. The lowest BCUT2D eigenvalue weighted by Gasteiger charge is -2.12. The molecular formula is C14H20N6O3. The summed E-state index contributed by atoms with van der Waals surface area (Å²) in [5.41, 5.74) is 2.00. The maximum absolute atomic E-state index is 12.2. The van der Waals surface area contributed by atoms with E-state index in [-0.39, 0.29) is 17.3 Å². The molecule has 9 nitrogen and oxygen atoms in total. The molecule has 124 valence electrons. The van der Waals surface area contributed by atoms with Crippen molar-refractivity contribution in [2.24, 2.45) is 0 Å². The van der Waals surface area contributed by atoms with E-state index in [9.17, 15) is 14.9 Å². The predicted molar refractivity (Wildman–Crippen MR) is 82.8 cm³/mol. The molecule has 2 aromatic rings. The predicted octanol–water partition coefficient (Wildman–Crippen LogP) is 1.50. The summed E-state index contributed by atoms with van der Waals surface area (Å²) in [6.07, 6.45) is 3.17. The number of nitro groups is 1. The van der Waals surface area contributed by atoms with Crippen molar-refractivity contribution in [3.05, 3.63) is 39.5 Å². The summed E-state index contributed by atoms with van der Waals surface area (Å²) in [5, 5.41) is 22.0. The zero-order valence-corrected chi connectivity index (χ0v) is 13.6. The summed E-state index contributed by atoms with van der Waals surface area (Å²) in [7, 11) is 0. The Bertz CT molecular complexity index is 733. The highest BCUT2D eigenvalue weighted by atomic mass is 16.6. The molecule has 23 heavy (non-hydrogen) atoms. The lowest BCUT2D eigenvalue weighted by molar-refractivity contribution is -0.385. The van der Waals surface area contributed by atoms with E-state index >= 15 is 0 Å². The van der Waals surface area contributed by atoms with Crippen LogP contribution in [0.25, 0.3) is 0 Å². The van der Waals surface area contributed by atoms with Gasteiger partial charge in [0.2, 0.25) is 5.91 Å². The summed E-state index contributed by atoms with van der Waals surface area (Å²) in [4.78, 5) is 22.6. The third kappa shape index (κ3) is 3.55. The number of rotatable bonds is 6. The molecule has 0 saturated heterocycles. The fourth-order valence-corrected chi connectivity index (χ4v) is 2.19. The monoisotopic (exact) mass is 320 g/mol. The number of hydrogen-bond donors (Lipinski definition) is 1. The molecule has 2 heterocycles. The number of amides is 1. The van der Waals surface area contributed by atoms with Gasteiger partial charge in [0.15, 0.2) is 0 Å². The van der Waals surface area contributed by atoms with Gasteiger partial charge >= 0.3 is 5.69 Å². The number of aromatic nitrogens is 4. The molecule has 0 aliphatic rings. The van der Waals surface area contributed by atoms with Crippen LogP contribution in [0.3, 0.4) is 0 Å². The third-order valence-electron chi connectivity index (χ3n) is 3.69. The molecule has 1 N–H and O–H groups in total. The van der Waals surface area contributed by atoms with Crippen LogP contribution >= 0.6 is 0 Å². The largest absolute Gasteiger partial charge is 0.350 e. The van der Waals surface area contributed by atoms with Crippen LogP contribution in [-0.4, -0.2) is 30.4 Å². The molecule has 0 aromatic carbocycles. The molecule has 2 aromatic heterocycles. The average molecular weight is 320 g/mol. The summed E-state index contributed by atoms with van der Waals surface area (Å²) in [6, 6.07) is -0.635. The third-order valence-corrected chi connectivity index (χ3v) is 3.69. The maximum atomic E-state index is 12.2. The Labute approximate surface area is 133 Å². The van der Waals surface area contributed by atoms with E-state index in [1.54, 1.807) is 18.5 Å². The zero-order valence-electron chi connectivity index (χ0n) is 13.6. The molecule has 0 aliphatic heterocycles. The number of aryl methyl sites for hydroxylation is 3. The van der Waals surface area contributed by atoms with E-state index in [0.29, 0.717) is 6.54 Å². The standard InChI is InChI=1S/C14H20N6O3/c1-5-18-7-12(9(2)16-18)6-15-14(21)11(4)19-8-13(20(22)23)10(3)17-19/h7-8,11H,5-6H2,1-4H3,(H,15,21). The van der Waals surface area contributed by atoms with Crippen molar-refractivity contribution in [3.8, 4) is 0 Å². The van der Waals surface area contributed by atoms with Crippen molar-refractivity contribution in [3.63, 3.8) is 0 Å². The van der Waals surface area contributed by atoms with Gasteiger partial charge in [-0.3, -0.25) is 24.3 Å². The topological polar surface area (TPSA) is 108 Å². The van der Waals surface area contributed by atoms with E-state index in [1.807, 2.05) is 20.0 Å². The summed E-state index contributed by atoms with van der Waals surface area (Å²) in [5.74, 6) is -0.258. The highest BCUT2D eigenvalue weighted by molar-refractivity contribution is 5.79. The SMILES string of the molecule is CCn1cc(CNC(=O)C(C)n2cc([N+](=O)[O-])c(C)n2)c(C)n1. The van der Waals surface area contributed by atoms with Gasteiger partial charge in [-0.2, -0.15) is 10.2 Å². The van der Waals surface area contributed by atoms with Crippen molar-refractivity contribution < 1.29 is 9.72 Å². The fraction of sp³-hybridized carbons (Fsp3) is 0.500. The highest BCUT2D eigenvalue weighted by Crippen LogP contribution is 2.18. The first-order valence-electron chi connectivity index (χ1n) is 7.34. The van der Waals surface area contributed by atoms with Crippen LogP contribution < -0.4 is 5.32 Å². The van der Waals surface area contributed by atoms with Crippen LogP contribution in [0, 0.1) is 24.0 Å². The molecule has 9 heteroatoms. The number of nitrogens with zero attached hydrogens (tertiary/aromatic N) is 5. The molecule has 1 atom stereocenters. The number of nitrogens with one attached hydrogen (secondary N) is 1. The molecule has 0 saturated carbocycles. The van der Waals surface area contributed by atoms with Gasteiger partial charge in [-0.05, 0) is 27.7 Å². The van der Waals surface area contributed by atoms with E-state index in [2.05, 4.69) is 15.5 Å². The number of carbonyl (C=O) groups is 1. The van der Waals surface area contributed by atoms with Crippen molar-refractivity contribution in [2.45, 2.75) is 46.8 Å². The van der Waals surface area contributed by atoms with E-state index in [0.717, 1.165) is 17.8 Å². The molecule has 2 rings (SSSR count). The minimum absolute atomic E-state index is 0.0929. The lowest BCUT2D eigenvalue weighted by Crippen LogP contribution is -2.31.